The lowest BCUT2D eigenvalue weighted by Crippen LogP contribution is -2.27. The fourth-order valence-electron chi connectivity index (χ4n) is 2.98. The van der Waals surface area contributed by atoms with Crippen LogP contribution in [0.15, 0.2) is 60.1 Å². The zero-order valence-corrected chi connectivity index (χ0v) is 11.5. The van der Waals surface area contributed by atoms with Gasteiger partial charge in [0.1, 0.15) is 6.29 Å². The monoisotopic (exact) mass is 284 g/mol. The predicted molar refractivity (Wildman–Crippen MR) is 78.4 cm³/mol. The second-order valence-electron chi connectivity index (χ2n) is 5.45. The zero-order chi connectivity index (χ0) is 14.8. The van der Waals surface area contributed by atoms with Crippen LogP contribution in [0, 0.1) is 27.9 Å². The molecule has 108 valence electrons. The standard InChI is InChI=1S/C16H16N2O3/c19-11-13-2-1-3-16-15(13)8-9-17(16)10-12-4-6-14(7-5-12)18(20)21/h1-4,6-9,11-13,15H,5,10H2. The number of rotatable bonds is 4. The lowest BCUT2D eigenvalue weighted by atomic mass is 9.87. The third-order valence-electron chi connectivity index (χ3n) is 4.13. The first kappa shape index (κ1) is 13.5. The number of nitro groups is 1. The van der Waals surface area contributed by atoms with E-state index in [9.17, 15) is 14.9 Å². The van der Waals surface area contributed by atoms with Crippen LogP contribution < -0.4 is 0 Å². The van der Waals surface area contributed by atoms with E-state index in [2.05, 4.69) is 11.0 Å². The smallest absolute Gasteiger partial charge is 0.265 e. The maximum Gasteiger partial charge on any atom is 0.265 e. The summed E-state index contributed by atoms with van der Waals surface area (Å²) in [6, 6.07) is 0. The molecule has 0 radical (unpaired) electrons. The van der Waals surface area contributed by atoms with Crippen LogP contribution in [0.1, 0.15) is 6.42 Å². The molecule has 0 aromatic rings. The van der Waals surface area contributed by atoms with Gasteiger partial charge in [0.05, 0.1) is 4.92 Å². The van der Waals surface area contributed by atoms with E-state index >= 15 is 0 Å². The van der Waals surface area contributed by atoms with E-state index in [0.29, 0.717) is 6.42 Å². The summed E-state index contributed by atoms with van der Waals surface area (Å²) >= 11 is 0. The van der Waals surface area contributed by atoms with Crippen LogP contribution in [-0.4, -0.2) is 22.7 Å². The van der Waals surface area contributed by atoms with Crippen molar-refractivity contribution >= 4 is 6.29 Å². The van der Waals surface area contributed by atoms with Gasteiger partial charge in [0.2, 0.25) is 0 Å². The first-order valence-electron chi connectivity index (χ1n) is 7.00. The fourth-order valence-corrected chi connectivity index (χ4v) is 2.98. The van der Waals surface area contributed by atoms with Crippen LogP contribution in [0.2, 0.25) is 0 Å². The molecule has 1 heterocycles. The second kappa shape index (κ2) is 5.52. The highest BCUT2D eigenvalue weighted by Gasteiger charge is 2.31. The van der Waals surface area contributed by atoms with Crippen LogP contribution >= 0.6 is 0 Å². The van der Waals surface area contributed by atoms with Crippen LogP contribution in [0.25, 0.3) is 0 Å². The first-order valence-corrected chi connectivity index (χ1v) is 7.00. The molecule has 5 heteroatoms. The fraction of sp³-hybridized carbons (Fsp3) is 0.312. The van der Waals surface area contributed by atoms with Crippen molar-refractivity contribution in [1.82, 2.24) is 4.90 Å². The van der Waals surface area contributed by atoms with E-state index < -0.39 is 0 Å². The first-order chi connectivity index (χ1) is 10.2. The quantitative estimate of drug-likeness (QED) is 0.452. The predicted octanol–water partition coefficient (Wildman–Crippen LogP) is 2.44. The van der Waals surface area contributed by atoms with Gasteiger partial charge in [-0.2, -0.15) is 0 Å². The summed E-state index contributed by atoms with van der Waals surface area (Å²) in [5.74, 6) is 0.290. The molecule has 0 aromatic carbocycles. The highest BCUT2D eigenvalue weighted by molar-refractivity contribution is 5.61. The Hall–Kier alpha value is -2.43. The normalized spacial score (nSPS) is 29.9. The molecule has 3 atom stereocenters. The summed E-state index contributed by atoms with van der Waals surface area (Å²) < 4.78 is 0. The summed E-state index contributed by atoms with van der Waals surface area (Å²) in [6.45, 7) is 0.774. The van der Waals surface area contributed by atoms with Crippen LogP contribution in [0.5, 0.6) is 0 Å². The summed E-state index contributed by atoms with van der Waals surface area (Å²) in [4.78, 5) is 23.5. The molecule has 0 spiro atoms. The average Bonchev–Trinajstić information content (AvgIpc) is 2.91. The summed E-state index contributed by atoms with van der Waals surface area (Å²) in [6.07, 6.45) is 16.7. The molecule has 0 aromatic heterocycles. The minimum atomic E-state index is -0.359. The minimum Gasteiger partial charge on any atom is -0.351 e. The van der Waals surface area contributed by atoms with Gasteiger partial charge < -0.3 is 9.69 Å². The second-order valence-corrected chi connectivity index (χ2v) is 5.45. The van der Waals surface area contributed by atoms with Gasteiger partial charge in [0.25, 0.3) is 5.70 Å². The molecule has 0 amide bonds. The highest BCUT2D eigenvalue weighted by Crippen LogP contribution is 2.35. The minimum absolute atomic E-state index is 0.0888. The molecule has 2 aliphatic carbocycles. The molecule has 3 rings (SSSR count). The van der Waals surface area contributed by atoms with Gasteiger partial charge in [0.15, 0.2) is 0 Å². The maximum atomic E-state index is 11.1. The Morgan fingerprint density at radius 3 is 2.90 bits per heavy atom. The number of carbonyl (C=O) groups excluding carboxylic acids is 1. The third kappa shape index (κ3) is 2.59. The van der Waals surface area contributed by atoms with Crippen LogP contribution in [-0.2, 0) is 4.79 Å². The van der Waals surface area contributed by atoms with Crippen molar-refractivity contribution in [2.75, 3.05) is 6.54 Å². The topological polar surface area (TPSA) is 63.5 Å². The Balaban J connectivity index is 1.66. The molecule has 0 N–H and O–H groups in total. The van der Waals surface area contributed by atoms with Crippen molar-refractivity contribution in [2.24, 2.45) is 17.8 Å². The Kier molecular flexibility index (Phi) is 3.56. The maximum absolute atomic E-state index is 11.1. The Morgan fingerprint density at radius 2 is 2.24 bits per heavy atom. The highest BCUT2D eigenvalue weighted by atomic mass is 16.6. The van der Waals surface area contributed by atoms with E-state index in [0.717, 1.165) is 18.5 Å². The molecule has 3 aliphatic rings. The van der Waals surface area contributed by atoms with Gasteiger partial charge in [-0.05, 0) is 24.5 Å². The summed E-state index contributed by atoms with van der Waals surface area (Å²) in [5.41, 5.74) is 1.30. The SMILES string of the molecule is O=CC1C=CC=C2C1C=CN2CC1C=CC([N+](=O)[O-])=CC1. The van der Waals surface area contributed by atoms with Gasteiger partial charge in [-0.1, -0.05) is 24.3 Å². The number of hydrogen-bond acceptors (Lipinski definition) is 4. The van der Waals surface area contributed by atoms with Crippen LogP contribution in [0.3, 0.4) is 0 Å². The molecule has 21 heavy (non-hydrogen) atoms. The summed E-state index contributed by atoms with van der Waals surface area (Å²) in [7, 11) is 0. The molecule has 5 nitrogen and oxygen atoms in total. The molecular formula is C16H16N2O3. The number of aldehydes is 1. The average molecular weight is 284 g/mol. The Labute approximate surface area is 122 Å². The van der Waals surface area contributed by atoms with Crippen molar-refractivity contribution in [2.45, 2.75) is 6.42 Å². The largest absolute Gasteiger partial charge is 0.351 e. The number of hydrogen-bond donors (Lipinski definition) is 0. The van der Waals surface area contributed by atoms with E-state index in [4.69, 9.17) is 0 Å². The van der Waals surface area contributed by atoms with Crippen molar-refractivity contribution in [3.05, 3.63) is 70.2 Å². The lowest BCUT2D eigenvalue weighted by Gasteiger charge is -2.28. The third-order valence-corrected chi connectivity index (χ3v) is 4.13. The number of fused-ring (bicyclic) bond motifs is 1. The van der Waals surface area contributed by atoms with Crippen molar-refractivity contribution in [3.63, 3.8) is 0 Å². The van der Waals surface area contributed by atoms with Gasteiger partial charge in [-0.3, -0.25) is 10.1 Å². The molecule has 0 saturated carbocycles. The molecule has 0 bridgehead atoms. The van der Waals surface area contributed by atoms with Gasteiger partial charge in [0, 0.05) is 36.4 Å². The Morgan fingerprint density at radius 1 is 1.38 bits per heavy atom. The van der Waals surface area contributed by atoms with Gasteiger partial charge >= 0.3 is 0 Å². The molecular weight excluding hydrogens is 268 g/mol. The van der Waals surface area contributed by atoms with Gasteiger partial charge in [-0.25, -0.2) is 0 Å². The Bertz CT molecular complexity index is 613. The van der Waals surface area contributed by atoms with Crippen molar-refractivity contribution in [3.8, 4) is 0 Å². The van der Waals surface area contributed by atoms with Crippen molar-refractivity contribution < 1.29 is 9.72 Å². The van der Waals surface area contributed by atoms with E-state index in [-0.39, 0.29) is 28.4 Å². The van der Waals surface area contributed by atoms with Crippen molar-refractivity contribution in [1.29, 1.82) is 0 Å². The zero-order valence-electron chi connectivity index (χ0n) is 11.5. The van der Waals surface area contributed by atoms with E-state index in [1.807, 2.05) is 30.5 Å². The van der Waals surface area contributed by atoms with Crippen LogP contribution in [0.4, 0.5) is 0 Å². The molecule has 0 fully saturated rings. The van der Waals surface area contributed by atoms with E-state index in [1.54, 1.807) is 12.2 Å². The molecule has 0 saturated heterocycles. The van der Waals surface area contributed by atoms with E-state index in [1.165, 1.54) is 0 Å². The van der Waals surface area contributed by atoms with Gasteiger partial charge in [-0.15, -0.1) is 0 Å². The number of nitrogens with zero attached hydrogens (tertiary/aromatic N) is 2. The number of allylic oxidation sites excluding steroid dienone is 6. The lowest BCUT2D eigenvalue weighted by molar-refractivity contribution is -0.419. The summed E-state index contributed by atoms with van der Waals surface area (Å²) in [5, 5.41) is 10.7. The number of carbonyl (C=O) groups is 1. The molecule has 3 unspecified atom stereocenters. The molecule has 1 aliphatic heterocycles.